The maximum atomic E-state index is 10.1. The normalized spacial score (nSPS) is 23.8. The fourth-order valence-electron chi connectivity index (χ4n) is 2.05. The Labute approximate surface area is 118 Å². The monoisotopic (exact) mass is 269 g/mol. The second-order valence-electron chi connectivity index (χ2n) is 7.17. The Bertz CT molecular complexity index is 300. The molecule has 1 atom stereocenters. The zero-order valence-electron chi connectivity index (χ0n) is 13.5. The summed E-state index contributed by atoms with van der Waals surface area (Å²) in [5, 5.41) is 10.1. The second kappa shape index (κ2) is 5.40. The maximum absolute atomic E-state index is 10.1. The van der Waals surface area contributed by atoms with Crippen molar-refractivity contribution in [3.8, 4) is 0 Å². The number of hydrogen-bond acceptors (Lipinski definition) is 4. The van der Waals surface area contributed by atoms with Gasteiger partial charge in [-0.2, -0.15) is 0 Å². The molecule has 1 fully saturated rings. The van der Waals surface area contributed by atoms with E-state index in [4.69, 9.17) is 14.0 Å². The van der Waals surface area contributed by atoms with Crippen molar-refractivity contribution in [2.45, 2.75) is 78.3 Å². The van der Waals surface area contributed by atoms with Crippen LogP contribution in [-0.2, 0) is 14.0 Å². The van der Waals surface area contributed by atoms with Crippen molar-refractivity contribution < 1.29 is 19.1 Å². The van der Waals surface area contributed by atoms with E-state index >= 15 is 0 Å². The summed E-state index contributed by atoms with van der Waals surface area (Å²) in [6, 6.07) is 0. The fraction of sp³-hybridized carbons (Fsp3) is 1.00. The molecule has 19 heavy (non-hydrogen) atoms. The summed E-state index contributed by atoms with van der Waals surface area (Å²) in [6.07, 6.45) is -0.550. The van der Waals surface area contributed by atoms with Crippen LogP contribution >= 0.6 is 0 Å². The third-order valence-corrected chi connectivity index (χ3v) is 4.10. The van der Waals surface area contributed by atoms with Crippen LogP contribution in [0.4, 0.5) is 0 Å². The Kier molecular flexibility index (Phi) is 4.83. The van der Waals surface area contributed by atoms with Crippen LogP contribution in [0.3, 0.4) is 0 Å². The predicted molar refractivity (Wildman–Crippen MR) is 77.8 cm³/mol. The second-order valence-corrected chi connectivity index (χ2v) is 7.17. The standard InChI is InChI=1S/C13H27B2O4/c1-9(2)10(16)11(3,4)17-14-15-18-12(5,6)13(7,8)19-15/h9-10,16H,1-8H3. The lowest BCUT2D eigenvalue weighted by Gasteiger charge is -2.34. The summed E-state index contributed by atoms with van der Waals surface area (Å²) in [7, 11) is 1.03. The minimum atomic E-state index is -0.669. The summed E-state index contributed by atoms with van der Waals surface area (Å²) in [4.78, 5) is 0. The van der Waals surface area contributed by atoms with Crippen molar-refractivity contribution >= 4 is 14.4 Å². The molecule has 1 aliphatic heterocycles. The molecule has 6 heteroatoms. The third-order valence-electron chi connectivity index (χ3n) is 4.10. The van der Waals surface area contributed by atoms with Crippen LogP contribution in [0.2, 0.25) is 0 Å². The van der Waals surface area contributed by atoms with Gasteiger partial charge in [-0.1, -0.05) is 13.8 Å². The number of rotatable bonds is 5. The van der Waals surface area contributed by atoms with Crippen LogP contribution in [0.5, 0.6) is 0 Å². The molecule has 4 nitrogen and oxygen atoms in total. The Morgan fingerprint density at radius 3 is 1.89 bits per heavy atom. The van der Waals surface area contributed by atoms with Gasteiger partial charge in [0.2, 0.25) is 0 Å². The highest BCUT2D eigenvalue weighted by molar-refractivity contribution is 7.03. The van der Waals surface area contributed by atoms with Crippen molar-refractivity contribution in [3.63, 3.8) is 0 Å². The van der Waals surface area contributed by atoms with E-state index in [1.165, 1.54) is 0 Å². The van der Waals surface area contributed by atoms with Crippen molar-refractivity contribution in [2.75, 3.05) is 0 Å². The minimum Gasteiger partial charge on any atom is -0.436 e. The summed E-state index contributed by atoms with van der Waals surface area (Å²) in [5.74, 6) is 0.127. The van der Waals surface area contributed by atoms with Gasteiger partial charge in [-0.25, -0.2) is 0 Å². The molecule has 0 aliphatic carbocycles. The van der Waals surface area contributed by atoms with Gasteiger partial charge in [0.15, 0.2) is 0 Å². The summed E-state index contributed by atoms with van der Waals surface area (Å²) >= 11 is 0. The van der Waals surface area contributed by atoms with Crippen LogP contribution in [0, 0.1) is 5.92 Å². The SMILES string of the molecule is CC(C)C(O)C(C)(C)O[B]B1OC(C)(C)C(C)(C)O1. The molecule has 0 spiro atoms. The lowest BCUT2D eigenvalue weighted by Crippen LogP contribution is -2.46. The van der Waals surface area contributed by atoms with Gasteiger partial charge >= 0.3 is 14.4 Å². The van der Waals surface area contributed by atoms with Gasteiger partial charge in [-0.3, -0.25) is 0 Å². The first kappa shape index (κ1) is 17.0. The molecule has 0 aromatic heterocycles. The maximum Gasteiger partial charge on any atom is 0.439 e. The van der Waals surface area contributed by atoms with Crippen LogP contribution in [0.1, 0.15) is 55.4 Å². The third kappa shape index (κ3) is 3.75. The molecule has 0 saturated carbocycles. The first-order chi connectivity index (χ1) is 8.39. The molecule has 0 aromatic rings. The fourth-order valence-corrected chi connectivity index (χ4v) is 2.05. The van der Waals surface area contributed by atoms with Gasteiger partial charge < -0.3 is 19.1 Å². The summed E-state index contributed by atoms with van der Waals surface area (Å²) in [5.41, 5.74) is -1.42. The average molecular weight is 269 g/mol. The molecule has 1 N–H and O–H groups in total. The Hall–Kier alpha value is -0.0301. The van der Waals surface area contributed by atoms with E-state index in [2.05, 4.69) is 0 Å². The zero-order valence-corrected chi connectivity index (χ0v) is 13.5. The minimum absolute atomic E-state index is 0.127. The predicted octanol–water partition coefficient (Wildman–Crippen LogP) is 2.01. The van der Waals surface area contributed by atoms with E-state index in [9.17, 15) is 5.11 Å². The molecule has 1 unspecified atom stereocenters. The van der Waals surface area contributed by atoms with Gasteiger partial charge in [0.25, 0.3) is 0 Å². The molecule has 1 aliphatic rings. The molecule has 1 rings (SSSR count). The molecular formula is C13H27B2O4. The number of aliphatic hydroxyl groups is 1. The van der Waals surface area contributed by atoms with Crippen LogP contribution < -0.4 is 0 Å². The quantitative estimate of drug-likeness (QED) is 0.775. The van der Waals surface area contributed by atoms with Crippen molar-refractivity contribution in [1.82, 2.24) is 0 Å². The highest BCUT2D eigenvalue weighted by Gasteiger charge is 2.52. The lowest BCUT2D eigenvalue weighted by atomic mass is 9.55. The average Bonchev–Trinajstić information content (AvgIpc) is 2.44. The van der Waals surface area contributed by atoms with Gasteiger partial charge in [0, 0.05) is 0 Å². The number of aliphatic hydroxyl groups excluding tert-OH is 1. The highest BCUT2D eigenvalue weighted by Crippen LogP contribution is 2.36. The van der Waals surface area contributed by atoms with Gasteiger partial charge in [0.05, 0.1) is 22.9 Å². The van der Waals surface area contributed by atoms with E-state index in [0.29, 0.717) is 0 Å². The van der Waals surface area contributed by atoms with Gasteiger partial charge in [-0.15, -0.1) is 0 Å². The summed E-state index contributed by atoms with van der Waals surface area (Å²) < 4.78 is 17.3. The van der Waals surface area contributed by atoms with E-state index < -0.39 is 18.7 Å². The van der Waals surface area contributed by atoms with Crippen molar-refractivity contribution in [3.05, 3.63) is 0 Å². The first-order valence-electron chi connectivity index (χ1n) is 6.94. The molecule has 0 bridgehead atoms. The highest BCUT2D eigenvalue weighted by atomic mass is 16.7. The molecular weight excluding hydrogens is 242 g/mol. The topological polar surface area (TPSA) is 47.9 Å². The van der Waals surface area contributed by atoms with Gasteiger partial charge in [0.1, 0.15) is 0 Å². The smallest absolute Gasteiger partial charge is 0.436 e. The first-order valence-corrected chi connectivity index (χ1v) is 6.94. The van der Waals surface area contributed by atoms with Crippen molar-refractivity contribution in [2.24, 2.45) is 5.92 Å². The van der Waals surface area contributed by atoms with Crippen LogP contribution in [-0.4, -0.2) is 42.4 Å². The summed E-state index contributed by atoms with van der Waals surface area (Å²) in [6.45, 7) is 15.6. The van der Waals surface area contributed by atoms with E-state index in [0.717, 1.165) is 0 Å². The van der Waals surface area contributed by atoms with Crippen LogP contribution in [0.15, 0.2) is 0 Å². The van der Waals surface area contributed by atoms with Crippen LogP contribution in [0.25, 0.3) is 0 Å². The molecule has 1 saturated heterocycles. The molecule has 0 amide bonds. The lowest BCUT2D eigenvalue weighted by molar-refractivity contribution is -0.0501. The zero-order chi connectivity index (χ0) is 15.1. The Morgan fingerprint density at radius 2 is 1.53 bits per heavy atom. The van der Waals surface area contributed by atoms with Gasteiger partial charge in [-0.05, 0) is 47.5 Å². The largest absolute Gasteiger partial charge is 0.439 e. The molecule has 109 valence electrons. The molecule has 0 aromatic carbocycles. The Morgan fingerprint density at radius 1 is 1.11 bits per heavy atom. The Balaban J connectivity index is 2.56. The number of hydrogen-bond donors (Lipinski definition) is 1. The van der Waals surface area contributed by atoms with E-state index in [1.807, 2.05) is 55.4 Å². The van der Waals surface area contributed by atoms with Crippen molar-refractivity contribution in [1.29, 1.82) is 0 Å². The van der Waals surface area contributed by atoms with E-state index in [1.54, 1.807) is 7.37 Å². The van der Waals surface area contributed by atoms with E-state index in [-0.39, 0.29) is 17.1 Å². The molecule has 1 radical (unpaired) electrons. The molecule has 1 heterocycles.